The van der Waals surface area contributed by atoms with E-state index in [9.17, 15) is 0 Å². The highest BCUT2D eigenvalue weighted by Gasteiger charge is 2.07. The Bertz CT molecular complexity index is 722. The first-order chi connectivity index (χ1) is 10.2. The largest absolute Gasteiger partial charge is 0.376 e. The molecule has 0 amide bonds. The maximum atomic E-state index is 5.43. The lowest BCUT2D eigenvalue weighted by molar-refractivity contribution is 0.0601. The third-order valence-corrected chi connectivity index (χ3v) is 3.63. The normalized spacial score (nSPS) is 11.4. The van der Waals surface area contributed by atoms with Gasteiger partial charge in [0.15, 0.2) is 5.82 Å². The zero-order valence-corrected chi connectivity index (χ0v) is 12.7. The minimum atomic E-state index is 0.149. The molecule has 1 aromatic carbocycles. The van der Waals surface area contributed by atoms with Crippen molar-refractivity contribution in [2.24, 2.45) is 0 Å². The van der Waals surface area contributed by atoms with Crippen LogP contribution in [-0.4, -0.2) is 20.6 Å². The summed E-state index contributed by atoms with van der Waals surface area (Å²) in [6.45, 7) is 4.79. The molecule has 3 rings (SSSR count). The lowest BCUT2D eigenvalue weighted by atomic mass is 10.2. The number of anilines is 1. The molecule has 110 valence electrons. The minimum absolute atomic E-state index is 0.149. The second kappa shape index (κ2) is 6.19. The predicted octanol–water partition coefficient (Wildman–Crippen LogP) is 3.22. The fourth-order valence-electron chi connectivity index (χ4n) is 1.82. The molecule has 0 aliphatic rings. The first-order valence-corrected chi connectivity index (χ1v) is 7.49. The van der Waals surface area contributed by atoms with Crippen LogP contribution in [-0.2, 0) is 17.9 Å². The molecule has 0 aliphatic heterocycles. The van der Waals surface area contributed by atoms with Crippen LogP contribution in [0.2, 0.25) is 0 Å². The average Bonchev–Trinajstić information content (AvgIpc) is 3.11. The van der Waals surface area contributed by atoms with Crippen molar-refractivity contribution in [3.63, 3.8) is 0 Å². The fourth-order valence-corrected chi connectivity index (χ4v) is 2.45. The van der Waals surface area contributed by atoms with E-state index >= 15 is 0 Å². The molecule has 0 radical (unpaired) electrons. The summed E-state index contributed by atoms with van der Waals surface area (Å²) in [7, 11) is 0. The summed E-state index contributed by atoms with van der Waals surface area (Å²) in [6, 6.07) is 6.11. The van der Waals surface area contributed by atoms with Gasteiger partial charge in [0.2, 0.25) is 5.89 Å². The van der Waals surface area contributed by atoms with Gasteiger partial charge in [0.05, 0.1) is 17.3 Å². The fraction of sp³-hybridized carbons (Fsp3) is 0.357. The second-order valence-corrected chi connectivity index (χ2v) is 5.73. The third-order valence-electron chi connectivity index (χ3n) is 2.85. The molecule has 0 saturated carbocycles. The molecule has 0 atom stereocenters. The van der Waals surface area contributed by atoms with Crippen LogP contribution in [0.25, 0.3) is 10.1 Å². The number of ether oxygens (including phenoxy) is 1. The van der Waals surface area contributed by atoms with Crippen LogP contribution in [0, 0.1) is 0 Å². The SMILES string of the molecule is CC(C)OCc1noc(CNc2ccc3sncc3c2)n1. The van der Waals surface area contributed by atoms with Crippen molar-refractivity contribution in [3.8, 4) is 0 Å². The highest BCUT2D eigenvalue weighted by atomic mass is 32.1. The van der Waals surface area contributed by atoms with Crippen molar-refractivity contribution in [1.82, 2.24) is 14.5 Å². The van der Waals surface area contributed by atoms with E-state index in [1.165, 1.54) is 16.2 Å². The highest BCUT2D eigenvalue weighted by Crippen LogP contribution is 2.22. The van der Waals surface area contributed by atoms with E-state index in [4.69, 9.17) is 9.26 Å². The number of rotatable bonds is 6. The number of aromatic nitrogens is 3. The maximum Gasteiger partial charge on any atom is 0.246 e. The van der Waals surface area contributed by atoms with E-state index < -0.39 is 0 Å². The molecule has 0 fully saturated rings. The molecule has 0 bridgehead atoms. The molecular weight excluding hydrogens is 288 g/mol. The molecule has 2 aromatic heterocycles. The van der Waals surface area contributed by atoms with E-state index in [2.05, 4.69) is 25.9 Å². The van der Waals surface area contributed by atoms with Crippen molar-refractivity contribution in [2.45, 2.75) is 33.1 Å². The number of benzene rings is 1. The van der Waals surface area contributed by atoms with Crippen LogP contribution in [0.1, 0.15) is 25.6 Å². The molecule has 0 unspecified atom stereocenters. The zero-order chi connectivity index (χ0) is 14.7. The van der Waals surface area contributed by atoms with Crippen molar-refractivity contribution in [2.75, 3.05) is 5.32 Å². The van der Waals surface area contributed by atoms with Crippen molar-refractivity contribution in [1.29, 1.82) is 0 Å². The summed E-state index contributed by atoms with van der Waals surface area (Å²) in [5, 5.41) is 8.27. The molecule has 6 nitrogen and oxygen atoms in total. The topological polar surface area (TPSA) is 73.1 Å². The van der Waals surface area contributed by atoms with Crippen molar-refractivity contribution < 1.29 is 9.26 Å². The van der Waals surface area contributed by atoms with Crippen molar-refractivity contribution in [3.05, 3.63) is 36.1 Å². The summed E-state index contributed by atoms with van der Waals surface area (Å²) in [5.74, 6) is 1.11. The predicted molar refractivity (Wildman–Crippen MR) is 81.2 cm³/mol. The summed E-state index contributed by atoms with van der Waals surface area (Å²) < 4.78 is 15.9. The van der Waals surface area contributed by atoms with Gasteiger partial charge in [0.1, 0.15) is 6.61 Å². The lowest BCUT2D eigenvalue weighted by Gasteiger charge is -2.03. The van der Waals surface area contributed by atoms with E-state index in [1.54, 1.807) is 0 Å². The molecule has 0 saturated heterocycles. The quantitative estimate of drug-likeness (QED) is 0.754. The van der Waals surface area contributed by atoms with Gasteiger partial charge in [0, 0.05) is 17.3 Å². The molecule has 2 heterocycles. The Hall–Kier alpha value is -1.99. The molecule has 7 heteroatoms. The Morgan fingerprint density at radius 2 is 2.29 bits per heavy atom. The van der Waals surface area contributed by atoms with Crippen LogP contribution in [0.4, 0.5) is 5.69 Å². The summed E-state index contributed by atoms with van der Waals surface area (Å²) in [5.41, 5.74) is 1.00. The van der Waals surface area contributed by atoms with Crippen LogP contribution < -0.4 is 5.32 Å². The van der Waals surface area contributed by atoms with Gasteiger partial charge in [-0.1, -0.05) is 5.16 Å². The Morgan fingerprint density at radius 1 is 1.38 bits per heavy atom. The Balaban J connectivity index is 1.59. The first kappa shape index (κ1) is 14.0. The van der Waals surface area contributed by atoms with Gasteiger partial charge >= 0.3 is 0 Å². The monoisotopic (exact) mass is 304 g/mol. The van der Waals surface area contributed by atoms with Crippen molar-refractivity contribution >= 4 is 27.3 Å². The zero-order valence-electron chi connectivity index (χ0n) is 11.9. The van der Waals surface area contributed by atoms with Gasteiger partial charge in [-0.05, 0) is 43.6 Å². The highest BCUT2D eigenvalue weighted by molar-refractivity contribution is 7.13. The smallest absolute Gasteiger partial charge is 0.246 e. The standard InChI is InChI=1S/C14H16N4O2S/c1-9(2)19-8-13-17-14(20-18-13)7-15-11-3-4-12-10(5-11)6-16-21-12/h3-6,9,15H,7-8H2,1-2H3. The van der Waals surface area contributed by atoms with Gasteiger partial charge < -0.3 is 14.6 Å². The van der Waals surface area contributed by atoms with Gasteiger partial charge in [-0.2, -0.15) is 9.36 Å². The third kappa shape index (κ3) is 3.56. The summed E-state index contributed by atoms with van der Waals surface area (Å²) in [6.07, 6.45) is 2.01. The molecule has 0 aliphatic carbocycles. The van der Waals surface area contributed by atoms with Crippen LogP contribution >= 0.6 is 11.5 Å². The van der Waals surface area contributed by atoms with Gasteiger partial charge in [0.25, 0.3) is 0 Å². The van der Waals surface area contributed by atoms with Gasteiger partial charge in [-0.15, -0.1) is 0 Å². The summed E-state index contributed by atoms with van der Waals surface area (Å²) >= 11 is 1.49. The molecule has 3 aromatic rings. The van der Waals surface area contributed by atoms with E-state index in [-0.39, 0.29) is 6.10 Å². The van der Waals surface area contributed by atoms with Gasteiger partial charge in [-0.3, -0.25) is 0 Å². The number of fused-ring (bicyclic) bond motifs is 1. The number of nitrogens with zero attached hydrogens (tertiary/aromatic N) is 3. The van der Waals surface area contributed by atoms with E-state index in [0.717, 1.165) is 11.1 Å². The molecule has 21 heavy (non-hydrogen) atoms. The summed E-state index contributed by atoms with van der Waals surface area (Å²) in [4.78, 5) is 4.27. The van der Waals surface area contributed by atoms with Crippen LogP contribution in [0.5, 0.6) is 0 Å². The van der Waals surface area contributed by atoms with E-state index in [0.29, 0.717) is 24.9 Å². The molecule has 0 spiro atoms. The molecule has 1 N–H and O–H groups in total. The second-order valence-electron chi connectivity index (χ2n) is 4.90. The van der Waals surface area contributed by atoms with Crippen LogP contribution in [0.3, 0.4) is 0 Å². The Kier molecular flexibility index (Phi) is 4.12. The first-order valence-electron chi connectivity index (χ1n) is 6.72. The number of hydrogen-bond acceptors (Lipinski definition) is 7. The Morgan fingerprint density at radius 3 is 3.14 bits per heavy atom. The Labute approximate surface area is 126 Å². The molecular formula is C14H16N4O2S. The lowest BCUT2D eigenvalue weighted by Crippen LogP contribution is -2.04. The number of hydrogen-bond donors (Lipinski definition) is 1. The maximum absolute atomic E-state index is 5.43. The van der Waals surface area contributed by atoms with E-state index in [1.807, 2.05) is 32.2 Å². The average molecular weight is 304 g/mol. The number of nitrogens with one attached hydrogen (secondary N) is 1. The minimum Gasteiger partial charge on any atom is -0.376 e. The van der Waals surface area contributed by atoms with Gasteiger partial charge in [-0.25, -0.2) is 0 Å². The van der Waals surface area contributed by atoms with Crippen LogP contribution in [0.15, 0.2) is 28.9 Å².